The number of amides is 1. The van der Waals surface area contributed by atoms with Crippen molar-refractivity contribution >= 4 is 38.4 Å². The number of nitrogens with one attached hydrogen (secondary N) is 1. The molecule has 5 rings (SSSR count). The van der Waals surface area contributed by atoms with Crippen LogP contribution in [0.4, 0.5) is 0 Å². The minimum absolute atomic E-state index is 0.0614. The molecule has 5 aromatic rings. The van der Waals surface area contributed by atoms with Gasteiger partial charge in [-0.2, -0.15) is 0 Å². The van der Waals surface area contributed by atoms with E-state index in [0.29, 0.717) is 23.2 Å². The van der Waals surface area contributed by atoms with E-state index in [9.17, 15) is 9.59 Å². The van der Waals surface area contributed by atoms with E-state index in [2.05, 4.69) is 15.3 Å². The molecule has 0 radical (unpaired) electrons. The molecule has 1 N–H and O–H groups in total. The Bertz CT molecular complexity index is 1470. The first-order valence-corrected chi connectivity index (χ1v) is 11.1. The van der Waals surface area contributed by atoms with Crippen molar-refractivity contribution in [2.45, 2.75) is 13.0 Å². The Labute approximate surface area is 188 Å². The van der Waals surface area contributed by atoms with Crippen molar-refractivity contribution in [3.8, 4) is 10.4 Å². The largest absolute Gasteiger partial charge is 0.354 e. The smallest absolute Gasteiger partial charge is 0.271 e. The molecule has 0 atom stereocenters. The number of benzene rings is 2. The summed E-state index contributed by atoms with van der Waals surface area (Å²) in [6.45, 7) is 0.407. The SMILES string of the molecule is O=C(Cn1cnc2cc(-c3ccccc3)sc2c1=O)NCCc1cccc2cccnc12. The van der Waals surface area contributed by atoms with Crippen LogP contribution in [0.15, 0.2) is 84.0 Å². The lowest BCUT2D eigenvalue weighted by molar-refractivity contribution is -0.121. The second kappa shape index (κ2) is 8.72. The number of carbonyl (C=O) groups is 1. The van der Waals surface area contributed by atoms with Crippen LogP contribution >= 0.6 is 11.3 Å². The first-order valence-electron chi connectivity index (χ1n) is 10.3. The topological polar surface area (TPSA) is 76.9 Å². The van der Waals surface area contributed by atoms with Gasteiger partial charge < -0.3 is 5.32 Å². The van der Waals surface area contributed by atoms with Crippen LogP contribution < -0.4 is 10.9 Å². The van der Waals surface area contributed by atoms with E-state index in [1.165, 1.54) is 22.2 Å². The van der Waals surface area contributed by atoms with Gasteiger partial charge in [0.05, 0.1) is 17.4 Å². The molecule has 1 amide bonds. The van der Waals surface area contributed by atoms with E-state index in [0.717, 1.165) is 26.9 Å². The van der Waals surface area contributed by atoms with Crippen LogP contribution in [-0.2, 0) is 17.8 Å². The van der Waals surface area contributed by atoms with Crippen LogP contribution in [0.5, 0.6) is 0 Å². The molecule has 158 valence electrons. The first kappa shape index (κ1) is 20.1. The zero-order chi connectivity index (χ0) is 21.9. The molecule has 7 heteroatoms. The van der Waals surface area contributed by atoms with Crippen molar-refractivity contribution in [2.75, 3.05) is 6.54 Å². The maximum atomic E-state index is 12.9. The molecule has 6 nitrogen and oxygen atoms in total. The summed E-state index contributed by atoms with van der Waals surface area (Å²) in [7, 11) is 0. The van der Waals surface area contributed by atoms with Gasteiger partial charge in [-0.05, 0) is 29.7 Å². The highest BCUT2D eigenvalue weighted by molar-refractivity contribution is 7.22. The van der Waals surface area contributed by atoms with Gasteiger partial charge in [-0.25, -0.2) is 4.98 Å². The molecule has 3 aromatic heterocycles. The number of aromatic nitrogens is 3. The van der Waals surface area contributed by atoms with E-state index >= 15 is 0 Å². The summed E-state index contributed by atoms with van der Waals surface area (Å²) in [5.41, 5.74) is 3.52. The monoisotopic (exact) mass is 440 g/mol. The number of thiophene rings is 1. The van der Waals surface area contributed by atoms with Gasteiger partial charge in [0.1, 0.15) is 11.2 Å². The molecule has 0 fully saturated rings. The fraction of sp³-hybridized carbons (Fsp3) is 0.120. The molecule has 0 aliphatic carbocycles. The maximum absolute atomic E-state index is 12.9. The molecule has 0 bridgehead atoms. The number of hydrogen-bond donors (Lipinski definition) is 1. The fourth-order valence-corrected chi connectivity index (χ4v) is 4.78. The average Bonchev–Trinajstić information content (AvgIpc) is 3.27. The lowest BCUT2D eigenvalue weighted by atomic mass is 10.1. The van der Waals surface area contributed by atoms with Gasteiger partial charge in [-0.15, -0.1) is 11.3 Å². The number of pyridine rings is 1. The predicted octanol–water partition coefficient (Wildman–Crippen LogP) is 4.03. The molecular weight excluding hydrogens is 420 g/mol. The molecule has 3 heterocycles. The Morgan fingerprint density at radius 3 is 2.72 bits per heavy atom. The molecule has 32 heavy (non-hydrogen) atoms. The summed E-state index contributed by atoms with van der Waals surface area (Å²) in [5, 5.41) is 3.98. The van der Waals surface area contributed by atoms with Crippen LogP contribution in [-0.4, -0.2) is 27.0 Å². The van der Waals surface area contributed by atoms with Gasteiger partial charge >= 0.3 is 0 Å². The maximum Gasteiger partial charge on any atom is 0.271 e. The van der Waals surface area contributed by atoms with Gasteiger partial charge in [-0.1, -0.05) is 54.6 Å². The Kier molecular flexibility index (Phi) is 5.47. The highest BCUT2D eigenvalue weighted by Gasteiger charge is 2.12. The van der Waals surface area contributed by atoms with Crippen LogP contribution in [0.1, 0.15) is 5.56 Å². The van der Waals surface area contributed by atoms with E-state index in [-0.39, 0.29) is 18.0 Å². The summed E-state index contributed by atoms with van der Waals surface area (Å²) in [6, 6.07) is 21.8. The number of para-hydroxylation sites is 1. The Balaban J connectivity index is 1.27. The first-order chi connectivity index (χ1) is 15.7. The van der Waals surface area contributed by atoms with Crippen molar-refractivity contribution in [1.29, 1.82) is 0 Å². The second-order valence-electron chi connectivity index (χ2n) is 7.46. The lowest BCUT2D eigenvalue weighted by Gasteiger charge is -2.08. The number of carbonyl (C=O) groups excluding carboxylic acids is 1. The van der Waals surface area contributed by atoms with Gasteiger partial charge in [0.25, 0.3) is 5.56 Å². The van der Waals surface area contributed by atoms with Crippen molar-refractivity contribution in [1.82, 2.24) is 19.9 Å². The van der Waals surface area contributed by atoms with Gasteiger partial charge in [0, 0.05) is 23.0 Å². The minimum atomic E-state index is -0.221. The van der Waals surface area contributed by atoms with E-state index in [1.807, 2.05) is 66.7 Å². The Hall–Kier alpha value is -3.84. The Morgan fingerprint density at radius 1 is 1.00 bits per heavy atom. The van der Waals surface area contributed by atoms with Gasteiger partial charge in [0.15, 0.2) is 0 Å². The molecule has 0 unspecified atom stereocenters. The number of fused-ring (bicyclic) bond motifs is 2. The molecule has 0 aliphatic rings. The molecule has 2 aromatic carbocycles. The second-order valence-corrected chi connectivity index (χ2v) is 8.51. The zero-order valence-electron chi connectivity index (χ0n) is 17.2. The summed E-state index contributed by atoms with van der Waals surface area (Å²) in [4.78, 5) is 35.2. The summed E-state index contributed by atoms with van der Waals surface area (Å²) < 4.78 is 1.92. The minimum Gasteiger partial charge on any atom is -0.354 e. The number of rotatable bonds is 6. The summed E-state index contributed by atoms with van der Waals surface area (Å²) in [6.07, 6.45) is 3.88. The standard InChI is InChI=1S/C25H20N4O2S/c30-22(26-13-11-19-9-4-8-18-10-5-12-27-23(18)19)15-29-16-28-20-14-21(32-24(20)25(29)31)17-6-2-1-3-7-17/h1-10,12,14,16H,11,13,15H2,(H,26,30). The normalized spacial score (nSPS) is 11.1. The highest BCUT2D eigenvalue weighted by atomic mass is 32.1. The predicted molar refractivity (Wildman–Crippen MR) is 128 cm³/mol. The third-order valence-corrected chi connectivity index (χ3v) is 6.47. The average molecular weight is 441 g/mol. The van der Waals surface area contributed by atoms with E-state index in [1.54, 1.807) is 6.20 Å². The number of nitrogens with zero attached hydrogens (tertiary/aromatic N) is 3. The van der Waals surface area contributed by atoms with Crippen LogP contribution in [0.3, 0.4) is 0 Å². The molecule has 0 spiro atoms. The molecule has 0 saturated heterocycles. The quantitative estimate of drug-likeness (QED) is 0.432. The van der Waals surface area contributed by atoms with E-state index in [4.69, 9.17) is 0 Å². The van der Waals surface area contributed by atoms with Gasteiger partial charge in [-0.3, -0.25) is 19.1 Å². The van der Waals surface area contributed by atoms with Crippen LogP contribution in [0, 0.1) is 0 Å². The van der Waals surface area contributed by atoms with Crippen molar-refractivity contribution < 1.29 is 4.79 Å². The molecular formula is C25H20N4O2S. The lowest BCUT2D eigenvalue weighted by Crippen LogP contribution is -2.33. The van der Waals surface area contributed by atoms with Crippen LogP contribution in [0.2, 0.25) is 0 Å². The van der Waals surface area contributed by atoms with Crippen molar-refractivity contribution in [2.24, 2.45) is 0 Å². The fourth-order valence-electron chi connectivity index (χ4n) is 3.72. The third-order valence-electron chi connectivity index (χ3n) is 5.31. The van der Waals surface area contributed by atoms with Crippen molar-refractivity contribution in [3.63, 3.8) is 0 Å². The molecule has 0 saturated carbocycles. The van der Waals surface area contributed by atoms with Crippen molar-refractivity contribution in [3.05, 3.63) is 95.2 Å². The Morgan fingerprint density at radius 2 is 1.84 bits per heavy atom. The van der Waals surface area contributed by atoms with Crippen LogP contribution in [0.25, 0.3) is 31.6 Å². The number of hydrogen-bond acceptors (Lipinski definition) is 5. The third kappa shape index (κ3) is 4.02. The summed E-state index contributed by atoms with van der Waals surface area (Å²) >= 11 is 1.40. The van der Waals surface area contributed by atoms with Gasteiger partial charge in [0.2, 0.25) is 5.91 Å². The van der Waals surface area contributed by atoms with E-state index < -0.39 is 0 Å². The zero-order valence-corrected chi connectivity index (χ0v) is 18.0. The highest BCUT2D eigenvalue weighted by Crippen LogP contribution is 2.30. The summed E-state index contributed by atoms with van der Waals surface area (Å²) in [5.74, 6) is -0.221. The molecule has 0 aliphatic heterocycles.